The van der Waals surface area contributed by atoms with Crippen molar-refractivity contribution in [2.24, 2.45) is 22.9 Å². The number of hydrogen-bond donors (Lipinski definition) is 2. The zero-order valence-corrected chi connectivity index (χ0v) is 18.2. The van der Waals surface area contributed by atoms with E-state index < -0.39 is 16.3 Å². The van der Waals surface area contributed by atoms with Gasteiger partial charge in [-0.1, -0.05) is 17.0 Å². The van der Waals surface area contributed by atoms with Crippen LogP contribution in [0.4, 0.5) is 0 Å². The summed E-state index contributed by atoms with van der Waals surface area (Å²) in [5.74, 6) is 8.51. The summed E-state index contributed by atoms with van der Waals surface area (Å²) in [7, 11) is -3.59. The summed E-state index contributed by atoms with van der Waals surface area (Å²) in [6.45, 7) is 3.06. The van der Waals surface area contributed by atoms with Gasteiger partial charge >= 0.3 is 0 Å². The van der Waals surface area contributed by atoms with Crippen molar-refractivity contribution in [1.82, 2.24) is 19.0 Å². The first-order valence-electron chi connectivity index (χ1n) is 10.3. The molecule has 3 aromatic rings. The van der Waals surface area contributed by atoms with Crippen LogP contribution in [0.5, 0.6) is 0 Å². The fraction of sp³-hybridized carbons (Fsp3) is 0.364. The molecule has 1 aliphatic heterocycles. The summed E-state index contributed by atoms with van der Waals surface area (Å²) < 4.78 is 31.5. The van der Waals surface area contributed by atoms with Gasteiger partial charge < -0.3 is 14.2 Å². The Balaban J connectivity index is 1.22. The topological polar surface area (TPSA) is 127 Å². The van der Waals surface area contributed by atoms with Crippen LogP contribution in [0.2, 0.25) is 0 Å². The highest BCUT2D eigenvalue weighted by Gasteiger charge is 2.56. The Labute approximate surface area is 186 Å². The Morgan fingerprint density at radius 1 is 1.28 bits per heavy atom. The van der Waals surface area contributed by atoms with Gasteiger partial charge in [-0.2, -0.15) is 12.7 Å². The molecule has 0 radical (unpaired) electrons. The third-order valence-corrected chi connectivity index (χ3v) is 7.10. The second-order valence-electron chi connectivity index (χ2n) is 8.33. The highest BCUT2D eigenvalue weighted by Crippen LogP contribution is 2.51. The third kappa shape index (κ3) is 4.08. The fourth-order valence-corrected chi connectivity index (χ4v) is 5.07. The lowest BCUT2D eigenvalue weighted by atomic mass is 10.1. The van der Waals surface area contributed by atoms with E-state index in [-0.39, 0.29) is 17.8 Å². The Bertz CT molecular complexity index is 1290. The maximum absolute atomic E-state index is 11.4. The minimum absolute atomic E-state index is 0.235. The number of fused-ring (bicyclic) bond motifs is 1. The van der Waals surface area contributed by atoms with Crippen molar-refractivity contribution in [1.29, 1.82) is 0 Å². The number of nitrogens with two attached hydrogens (primary N) is 1. The van der Waals surface area contributed by atoms with E-state index in [0.717, 1.165) is 16.8 Å². The molecule has 1 aliphatic carbocycles. The van der Waals surface area contributed by atoms with E-state index in [9.17, 15) is 13.5 Å². The van der Waals surface area contributed by atoms with E-state index in [2.05, 4.69) is 22.0 Å². The molecule has 0 bridgehead atoms. The first kappa shape index (κ1) is 20.9. The summed E-state index contributed by atoms with van der Waals surface area (Å²) in [4.78, 5) is 4.16. The number of aliphatic hydroxyl groups excluding tert-OH is 1. The molecule has 2 aliphatic rings. The fourth-order valence-electron chi connectivity index (χ4n) is 4.31. The normalized spacial score (nSPS) is 23.4. The molecule has 2 fully saturated rings. The number of imidazole rings is 1. The SMILES string of the molecule is C[C@H](O)c1nccn1Cc1cc(-c2ccc(C#CC3C4CN(S(N)(=O)=O)CC34)cc2)on1. The molecule has 1 saturated heterocycles. The van der Waals surface area contributed by atoms with Gasteiger partial charge in [-0.05, 0) is 43.0 Å². The molecule has 2 aromatic heterocycles. The van der Waals surface area contributed by atoms with E-state index in [1.54, 1.807) is 19.3 Å². The van der Waals surface area contributed by atoms with Crippen LogP contribution < -0.4 is 5.14 Å². The van der Waals surface area contributed by atoms with E-state index in [0.29, 0.717) is 31.2 Å². The summed E-state index contributed by atoms with van der Waals surface area (Å²) >= 11 is 0. The molecule has 3 N–H and O–H groups in total. The Kier molecular flexibility index (Phi) is 5.14. The average Bonchev–Trinajstić information content (AvgIpc) is 3.24. The molecule has 166 valence electrons. The minimum atomic E-state index is -3.59. The zero-order chi connectivity index (χ0) is 22.5. The molecule has 2 unspecified atom stereocenters. The van der Waals surface area contributed by atoms with Gasteiger partial charge in [-0.3, -0.25) is 0 Å². The summed E-state index contributed by atoms with van der Waals surface area (Å²) in [6, 6.07) is 9.60. The van der Waals surface area contributed by atoms with Crippen molar-refractivity contribution in [2.45, 2.75) is 19.6 Å². The Hall–Kier alpha value is -2.97. The van der Waals surface area contributed by atoms with Crippen LogP contribution in [0.3, 0.4) is 0 Å². The lowest BCUT2D eigenvalue weighted by molar-refractivity contribution is 0.184. The third-order valence-electron chi connectivity index (χ3n) is 6.09. The van der Waals surface area contributed by atoms with E-state index in [1.807, 2.05) is 34.9 Å². The van der Waals surface area contributed by atoms with Crippen molar-refractivity contribution in [3.05, 3.63) is 59.8 Å². The smallest absolute Gasteiger partial charge is 0.276 e. The van der Waals surface area contributed by atoms with Crippen molar-refractivity contribution in [2.75, 3.05) is 13.1 Å². The number of benzene rings is 1. The molecular formula is C22H23N5O4S. The van der Waals surface area contributed by atoms with Crippen LogP contribution >= 0.6 is 0 Å². The standard InChI is InChI=1S/C22H23N5O4S/c1-14(28)22-24-8-9-26(22)11-17-10-21(31-25-17)16-5-2-15(3-6-16)4-7-18-19-12-27(13-20(18)19)32(23,29)30/h2-3,5-6,8-10,14,18-20,28H,11-13H2,1H3,(H2,23,29,30)/t14-,18?,19?,20?/m0/s1. The predicted octanol–water partition coefficient (Wildman–Crippen LogP) is 1.37. The first-order chi connectivity index (χ1) is 15.3. The van der Waals surface area contributed by atoms with Gasteiger partial charge in [0.25, 0.3) is 10.2 Å². The van der Waals surface area contributed by atoms with Crippen LogP contribution in [-0.4, -0.2) is 45.6 Å². The van der Waals surface area contributed by atoms with Crippen molar-refractivity contribution < 1.29 is 18.0 Å². The largest absolute Gasteiger partial charge is 0.385 e. The molecule has 0 amide bonds. The molecule has 9 nitrogen and oxygen atoms in total. The molecule has 5 rings (SSSR count). The van der Waals surface area contributed by atoms with Crippen LogP contribution in [0, 0.1) is 29.6 Å². The molecule has 32 heavy (non-hydrogen) atoms. The Morgan fingerprint density at radius 3 is 2.66 bits per heavy atom. The zero-order valence-electron chi connectivity index (χ0n) is 17.4. The summed E-state index contributed by atoms with van der Waals surface area (Å²) in [5, 5.41) is 19.1. The molecule has 3 atom stereocenters. The van der Waals surface area contributed by atoms with Gasteiger partial charge in [-0.25, -0.2) is 10.1 Å². The van der Waals surface area contributed by atoms with Crippen LogP contribution in [-0.2, 0) is 16.8 Å². The van der Waals surface area contributed by atoms with Crippen LogP contribution in [0.25, 0.3) is 11.3 Å². The monoisotopic (exact) mass is 453 g/mol. The quantitative estimate of drug-likeness (QED) is 0.562. The predicted molar refractivity (Wildman–Crippen MR) is 116 cm³/mol. The molecule has 10 heteroatoms. The van der Waals surface area contributed by atoms with E-state index in [4.69, 9.17) is 9.66 Å². The lowest BCUT2D eigenvalue weighted by Crippen LogP contribution is -2.36. The minimum Gasteiger partial charge on any atom is -0.385 e. The number of piperidine rings is 1. The first-order valence-corrected chi connectivity index (χ1v) is 11.8. The molecule has 3 heterocycles. The lowest BCUT2D eigenvalue weighted by Gasteiger charge is -2.14. The van der Waals surface area contributed by atoms with Crippen LogP contribution in [0.15, 0.2) is 47.2 Å². The average molecular weight is 454 g/mol. The second kappa shape index (κ2) is 7.86. The Morgan fingerprint density at radius 2 is 2.00 bits per heavy atom. The highest BCUT2D eigenvalue weighted by atomic mass is 32.2. The maximum atomic E-state index is 11.4. The van der Waals surface area contributed by atoms with Gasteiger partial charge in [0.05, 0.1) is 6.54 Å². The number of aliphatic hydroxyl groups is 1. The van der Waals surface area contributed by atoms with Crippen LogP contribution in [0.1, 0.15) is 30.1 Å². The van der Waals surface area contributed by atoms with Gasteiger partial charge in [0.15, 0.2) is 5.76 Å². The number of hydrogen-bond acceptors (Lipinski definition) is 6. The van der Waals surface area contributed by atoms with Gasteiger partial charge in [0.1, 0.15) is 17.6 Å². The number of nitrogens with zero attached hydrogens (tertiary/aromatic N) is 4. The molecule has 0 spiro atoms. The van der Waals surface area contributed by atoms with Crippen molar-refractivity contribution >= 4 is 10.2 Å². The second-order valence-corrected chi connectivity index (χ2v) is 9.88. The van der Waals surface area contributed by atoms with Gasteiger partial charge in [0.2, 0.25) is 0 Å². The van der Waals surface area contributed by atoms with Gasteiger partial charge in [-0.15, -0.1) is 0 Å². The van der Waals surface area contributed by atoms with Crippen molar-refractivity contribution in [3.63, 3.8) is 0 Å². The molecule has 1 aromatic carbocycles. The molecule has 1 saturated carbocycles. The number of aromatic nitrogens is 3. The highest BCUT2D eigenvalue weighted by molar-refractivity contribution is 7.86. The van der Waals surface area contributed by atoms with Gasteiger partial charge in [0, 0.05) is 48.6 Å². The van der Waals surface area contributed by atoms with E-state index in [1.165, 1.54) is 4.31 Å². The molecular weight excluding hydrogens is 430 g/mol. The maximum Gasteiger partial charge on any atom is 0.276 e. The summed E-state index contributed by atoms with van der Waals surface area (Å²) in [5.41, 5.74) is 2.52. The summed E-state index contributed by atoms with van der Waals surface area (Å²) in [6.07, 6.45) is 2.78. The van der Waals surface area contributed by atoms with E-state index >= 15 is 0 Å². The van der Waals surface area contributed by atoms with Crippen molar-refractivity contribution in [3.8, 4) is 23.2 Å². The number of rotatable bonds is 5.